The third-order valence-electron chi connectivity index (χ3n) is 1.93. The quantitative estimate of drug-likeness (QED) is 0.668. The number of pyridine rings is 1. The Morgan fingerprint density at radius 3 is 2.50 bits per heavy atom. The Morgan fingerprint density at radius 2 is 2.00 bits per heavy atom. The van der Waals surface area contributed by atoms with Gasteiger partial charge >= 0.3 is 11.9 Å². The smallest absolute Gasteiger partial charge is 0.326 e. The third-order valence-corrected chi connectivity index (χ3v) is 2.14. The first kappa shape index (κ1) is 13.9. The summed E-state index contributed by atoms with van der Waals surface area (Å²) < 4.78 is 0. The summed E-state index contributed by atoms with van der Waals surface area (Å²) in [5, 5.41) is 19.4. The summed E-state index contributed by atoms with van der Waals surface area (Å²) in [6.07, 6.45) is -0.721. The molecule has 0 aliphatic carbocycles. The highest BCUT2D eigenvalue weighted by Gasteiger charge is 2.24. The molecule has 8 heteroatoms. The van der Waals surface area contributed by atoms with Crippen LogP contribution in [0.25, 0.3) is 0 Å². The van der Waals surface area contributed by atoms with Crippen LogP contribution >= 0.6 is 11.6 Å². The van der Waals surface area contributed by atoms with Gasteiger partial charge in [-0.2, -0.15) is 0 Å². The number of nitrogens with one attached hydrogen (secondary N) is 1. The van der Waals surface area contributed by atoms with E-state index in [2.05, 4.69) is 10.3 Å². The summed E-state index contributed by atoms with van der Waals surface area (Å²) in [6.45, 7) is 0. The summed E-state index contributed by atoms with van der Waals surface area (Å²) >= 11 is 5.57. The van der Waals surface area contributed by atoms with E-state index in [1.54, 1.807) is 0 Å². The summed E-state index contributed by atoms with van der Waals surface area (Å²) in [6, 6.07) is 2.73. The Labute approximate surface area is 106 Å². The molecular formula is C10H9ClN2O5. The number of rotatable bonds is 5. The Kier molecular flexibility index (Phi) is 4.61. The predicted octanol–water partition coefficient (Wildman–Crippen LogP) is 0.393. The molecule has 0 aliphatic heterocycles. The van der Waals surface area contributed by atoms with Crippen LogP contribution in [0.3, 0.4) is 0 Å². The molecule has 18 heavy (non-hydrogen) atoms. The highest BCUT2D eigenvalue weighted by Crippen LogP contribution is 2.05. The van der Waals surface area contributed by atoms with Gasteiger partial charge in [0, 0.05) is 0 Å². The molecule has 1 aromatic rings. The molecule has 0 radical (unpaired) electrons. The number of carbonyl (C=O) groups excluding carboxylic acids is 1. The molecule has 7 nitrogen and oxygen atoms in total. The van der Waals surface area contributed by atoms with Crippen molar-refractivity contribution < 1.29 is 24.6 Å². The van der Waals surface area contributed by atoms with Crippen molar-refractivity contribution in [2.75, 3.05) is 0 Å². The number of carbonyl (C=O) groups is 3. The SMILES string of the molecule is O=C(O)CC(NC(=O)c1cccc(Cl)n1)C(=O)O. The lowest BCUT2D eigenvalue weighted by Crippen LogP contribution is -2.42. The van der Waals surface area contributed by atoms with Crippen molar-refractivity contribution >= 4 is 29.4 Å². The number of carboxylic acids is 2. The fourth-order valence-electron chi connectivity index (χ4n) is 1.14. The standard InChI is InChI=1S/C10H9ClN2O5/c11-7-3-1-2-5(12-7)9(16)13-6(10(17)18)4-8(14)15/h1-3,6H,4H2,(H,13,16)(H,14,15)(H,17,18). The minimum atomic E-state index is -1.52. The summed E-state index contributed by atoms with van der Waals surface area (Å²) in [7, 11) is 0. The fraction of sp³-hybridized carbons (Fsp3) is 0.200. The van der Waals surface area contributed by atoms with Crippen LogP contribution in [0.2, 0.25) is 5.15 Å². The lowest BCUT2D eigenvalue weighted by molar-refractivity contribution is -0.145. The van der Waals surface area contributed by atoms with Crippen LogP contribution in [0.5, 0.6) is 0 Å². The van der Waals surface area contributed by atoms with Crippen LogP contribution < -0.4 is 5.32 Å². The van der Waals surface area contributed by atoms with Crippen LogP contribution in [0.15, 0.2) is 18.2 Å². The zero-order valence-corrected chi connectivity index (χ0v) is 9.72. The summed E-state index contributed by atoms with van der Waals surface area (Å²) in [5.41, 5.74) is -0.0841. The van der Waals surface area contributed by atoms with E-state index in [1.165, 1.54) is 18.2 Å². The number of aliphatic carboxylic acids is 2. The first-order valence-electron chi connectivity index (χ1n) is 4.78. The minimum Gasteiger partial charge on any atom is -0.481 e. The van der Waals surface area contributed by atoms with Crippen LogP contribution in [-0.2, 0) is 9.59 Å². The van der Waals surface area contributed by atoms with Gasteiger partial charge in [0.25, 0.3) is 5.91 Å². The van der Waals surface area contributed by atoms with Crippen molar-refractivity contribution in [1.29, 1.82) is 0 Å². The lowest BCUT2D eigenvalue weighted by atomic mass is 10.2. The van der Waals surface area contributed by atoms with Gasteiger partial charge in [-0.1, -0.05) is 17.7 Å². The van der Waals surface area contributed by atoms with Crippen LogP contribution in [0.4, 0.5) is 0 Å². The molecule has 0 fully saturated rings. The van der Waals surface area contributed by atoms with E-state index in [-0.39, 0.29) is 10.8 Å². The van der Waals surface area contributed by atoms with E-state index in [4.69, 9.17) is 21.8 Å². The molecule has 3 N–H and O–H groups in total. The van der Waals surface area contributed by atoms with Crippen molar-refractivity contribution in [2.45, 2.75) is 12.5 Å². The van der Waals surface area contributed by atoms with E-state index in [0.29, 0.717) is 0 Å². The van der Waals surface area contributed by atoms with Gasteiger partial charge in [-0.15, -0.1) is 0 Å². The fourth-order valence-corrected chi connectivity index (χ4v) is 1.31. The van der Waals surface area contributed by atoms with Gasteiger partial charge in [0.15, 0.2) is 0 Å². The first-order chi connectivity index (χ1) is 8.40. The van der Waals surface area contributed by atoms with Crippen LogP contribution in [-0.4, -0.2) is 39.1 Å². The number of nitrogens with zero attached hydrogens (tertiary/aromatic N) is 1. The summed E-state index contributed by atoms with van der Waals surface area (Å²) in [5.74, 6) is -3.57. The van der Waals surface area contributed by atoms with Crippen LogP contribution in [0, 0.1) is 0 Å². The Balaban J connectivity index is 2.78. The first-order valence-corrected chi connectivity index (χ1v) is 5.16. The van der Waals surface area contributed by atoms with Gasteiger partial charge in [0.05, 0.1) is 6.42 Å². The zero-order chi connectivity index (χ0) is 13.7. The predicted molar refractivity (Wildman–Crippen MR) is 60.4 cm³/mol. The van der Waals surface area contributed by atoms with Crippen molar-refractivity contribution in [3.63, 3.8) is 0 Å². The number of hydrogen-bond donors (Lipinski definition) is 3. The van der Waals surface area contributed by atoms with Crippen molar-refractivity contribution in [2.24, 2.45) is 0 Å². The number of carboxylic acid groups (broad SMARTS) is 2. The highest BCUT2D eigenvalue weighted by atomic mass is 35.5. The van der Waals surface area contributed by atoms with E-state index in [0.717, 1.165) is 0 Å². The van der Waals surface area contributed by atoms with E-state index < -0.39 is 30.3 Å². The largest absolute Gasteiger partial charge is 0.481 e. The van der Waals surface area contributed by atoms with Gasteiger partial charge in [-0.3, -0.25) is 9.59 Å². The Bertz CT molecular complexity index is 491. The molecule has 1 unspecified atom stereocenters. The monoisotopic (exact) mass is 272 g/mol. The van der Waals surface area contributed by atoms with Crippen molar-refractivity contribution in [1.82, 2.24) is 10.3 Å². The molecule has 1 heterocycles. The zero-order valence-electron chi connectivity index (χ0n) is 8.96. The molecule has 1 rings (SSSR count). The second kappa shape index (κ2) is 5.97. The number of amides is 1. The van der Waals surface area contributed by atoms with Crippen molar-refractivity contribution in [3.8, 4) is 0 Å². The maximum Gasteiger partial charge on any atom is 0.326 e. The normalized spacial score (nSPS) is 11.6. The molecule has 0 saturated carbocycles. The van der Waals surface area contributed by atoms with Gasteiger partial charge < -0.3 is 15.5 Å². The molecule has 96 valence electrons. The molecule has 1 amide bonds. The van der Waals surface area contributed by atoms with Gasteiger partial charge in [0.2, 0.25) is 0 Å². The molecule has 1 aromatic heterocycles. The molecule has 0 saturated heterocycles. The Morgan fingerprint density at radius 1 is 1.33 bits per heavy atom. The second-order valence-electron chi connectivity index (χ2n) is 3.31. The van der Waals surface area contributed by atoms with E-state index >= 15 is 0 Å². The minimum absolute atomic E-state index is 0.0766. The number of halogens is 1. The molecule has 0 bridgehead atoms. The molecule has 0 spiro atoms. The maximum absolute atomic E-state index is 11.6. The lowest BCUT2D eigenvalue weighted by Gasteiger charge is -2.11. The topological polar surface area (TPSA) is 117 Å². The molecule has 0 aliphatic rings. The van der Waals surface area contributed by atoms with Crippen LogP contribution in [0.1, 0.15) is 16.9 Å². The number of aromatic nitrogens is 1. The van der Waals surface area contributed by atoms with Gasteiger partial charge in [-0.05, 0) is 12.1 Å². The average Bonchev–Trinajstić information content (AvgIpc) is 2.27. The Hall–Kier alpha value is -2.15. The third kappa shape index (κ3) is 4.02. The average molecular weight is 273 g/mol. The highest BCUT2D eigenvalue weighted by molar-refractivity contribution is 6.29. The second-order valence-corrected chi connectivity index (χ2v) is 3.69. The number of hydrogen-bond acceptors (Lipinski definition) is 4. The van der Waals surface area contributed by atoms with Gasteiger partial charge in [-0.25, -0.2) is 9.78 Å². The molecule has 1 atom stereocenters. The summed E-state index contributed by atoms with van der Waals surface area (Å²) in [4.78, 5) is 36.5. The maximum atomic E-state index is 11.6. The van der Waals surface area contributed by atoms with E-state index in [1.807, 2.05) is 0 Å². The van der Waals surface area contributed by atoms with Crippen molar-refractivity contribution in [3.05, 3.63) is 29.0 Å². The van der Waals surface area contributed by atoms with Gasteiger partial charge in [0.1, 0.15) is 16.9 Å². The van der Waals surface area contributed by atoms with E-state index in [9.17, 15) is 14.4 Å². The molecular weight excluding hydrogens is 264 g/mol. The molecule has 0 aromatic carbocycles.